The molecule has 0 bridgehead atoms. The number of amides is 1. The van der Waals surface area contributed by atoms with Crippen LogP contribution >= 0.6 is 0 Å². The third-order valence-corrected chi connectivity index (χ3v) is 4.19. The molecule has 0 atom stereocenters. The van der Waals surface area contributed by atoms with Crippen molar-refractivity contribution >= 4 is 29.3 Å². The van der Waals surface area contributed by atoms with Gasteiger partial charge in [-0.3, -0.25) is 9.59 Å². The maximum Gasteiger partial charge on any atom is 0.331 e. The first-order valence-electron chi connectivity index (χ1n) is 8.93. The lowest BCUT2D eigenvalue weighted by molar-refractivity contribution is -0.149. The zero-order valence-electron chi connectivity index (χ0n) is 15.8. The molecule has 28 heavy (non-hydrogen) atoms. The van der Waals surface area contributed by atoms with Crippen molar-refractivity contribution in [1.82, 2.24) is 0 Å². The van der Waals surface area contributed by atoms with E-state index in [0.29, 0.717) is 11.6 Å². The second-order valence-corrected chi connectivity index (χ2v) is 6.65. The van der Waals surface area contributed by atoms with Gasteiger partial charge in [-0.05, 0) is 42.5 Å². The molecule has 0 heterocycles. The maximum atomic E-state index is 11.9. The van der Waals surface area contributed by atoms with Crippen LogP contribution < -0.4 is 5.32 Å². The maximum absolute atomic E-state index is 11.9. The van der Waals surface area contributed by atoms with Crippen LogP contribution in [0.1, 0.15) is 25.3 Å². The monoisotopic (exact) mass is 385 g/mol. The van der Waals surface area contributed by atoms with Crippen LogP contribution in [0, 0.1) is 5.92 Å². The minimum Gasteiger partial charge on any atom is -0.466 e. The third kappa shape index (κ3) is 7.19. The van der Waals surface area contributed by atoms with E-state index in [9.17, 15) is 19.2 Å². The lowest BCUT2D eigenvalue weighted by Gasteiger charge is -2.31. The van der Waals surface area contributed by atoms with Crippen molar-refractivity contribution in [2.75, 3.05) is 12.4 Å². The average Bonchev–Trinajstić information content (AvgIpc) is 2.64. The van der Waals surface area contributed by atoms with Gasteiger partial charge in [-0.25, -0.2) is 9.59 Å². The van der Waals surface area contributed by atoms with Gasteiger partial charge < -0.3 is 14.8 Å². The van der Waals surface area contributed by atoms with Crippen molar-refractivity contribution in [2.45, 2.75) is 32.3 Å². The smallest absolute Gasteiger partial charge is 0.331 e. The highest BCUT2D eigenvalue weighted by atomic mass is 16.5. The number of ketones is 1. The van der Waals surface area contributed by atoms with E-state index in [1.807, 2.05) is 0 Å². The first-order valence-corrected chi connectivity index (χ1v) is 8.93. The number of hydrogen-bond donors (Lipinski definition) is 1. The molecule has 0 unspecified atom stereocenters. The zero-order chi connectivity index (χ0) is 20.5. The molecule has 0 aromatic heterocycles. The third-order valence-electron chi connectivity index (χ3n) is 4.19. The van der Waals surface area contributed by atoms with E-state index in [4.69, 9.17) is 4.74 Å². The molecule has 1 N–H and O–H groups in total. The molecule has 7 heteroatoms. The van der Waals surface area contributed by atoms with Gasteiger partial charge in [-0.1, -0.05) is 19.1 Å². The van der Waals surface area contributed by atoms with E-state index in [2.05, 4.69) is 17.0 Å². The van der Waals surface area contributed by atoms with E-state index in [-0.39, 0.29) is 18.3 Å². The van der Waals surface area contributed by atoms with Crippen LogP contribution in [0.5, 0.6) is 0 Å². The SMILES string of the molecule is COC(=O)/C=C\C(=O)Cc1ccc(NC(=O)/C=C\C(=O)OC2CC(C)C2)cc1. The zero-order valence-corrected chi connectivity index (χ0v) is 15.8. The van der Waals surface area contributed by atoms with Gasteiger partial charge in [0.25, 0.3) is 0 Å². The minimum absolute atomic E-state index is 0.0482. The van der Waals surface area contributed by atoms with Crippen LogP contribution in [-0.2, 0) is 35.1 Å². The van der Waals surface area contributed by atoms with Gasteiger partial charge in [-0.15, -0.1) is 0 Å². The molecule has 0 aliphatic heterocycles. The molecule has 0 radical (unpaired) electrons. The number of anilines is 1. The van der Waals surface area contributed by atoms with E-state index in [1.54, 1.807) is 24.3 Å². The summed E-state index contributed by atoms with van der Waals surface area (Å²) in [7, 11) is 1.23. The van der Waals surface area contributed by atoms with Crippen LogP contribution in [0.25, 0.3) is 0 Å². The predicted molar refractivity (Wildman–Crippen MR) is 102 cm³/mol. The number of benzene rings is 1. The summed E-state index contributed by atoms with van der Waals surface area (Å²) in [4.78, 5) is 46.2. The predicted octanol–water partition coefficient (Wildman–Crippen LogP) is 2.36. The quantitative estimate of drug-likeness (QED) is 0.545. The molecule has 2 rings (SSSR count). The lowest BCUT2D eigenvalue weighted by Crippen LogP contribution is -2.31. The number of esters is 2. The molecule has 7 nitrogen and oxygen atoms in total. The fourth-order valence-corrected chi connectivity index (χ4v) is 2.65. The van der Waals surface area contributed by atoms with Crippen molar-refractivity contribution in [2.24, 2.45) is 5.92 Å². The van der Waals surface area contributed by atoms with Crippen LogP contribution in [0.2, 0.25) is 0 Å². The Morgan fingerprint density at radius 2 is 1.64 bits per heavy atom. The Hall–Kier alpha value is -3.22. The normalized spacial score (nSPS) is 18.5. The van der Waals surface area contributed by atoms with Crippen molar-refractivity contribution in [1.29, 1.82) is 0 Å². The summed E-state index contributed by atoms with van der Waals surface area (Å²) < 4.78 is 9.60. The summed E-state index contributed by atoms with van der Waals surface area (Å²) >= 11 is 0. The van der Waals surface area contributed by atoms with Gasteiger partial charge in [-0.2, -0.15) is 0 Å². The summed E-state index contributed by atoms with van der Waals surface area (Å²) in [6.07, 6.45) is 6.26. The van der Waals surface area contributed by atoms with Crippen molar-refractivity contribution in [3.8, 4) is 0 Å². The lowest BCUT2D eigenvalue weighted by atomic mass is 9.84. The van der Waals surface area contributed by atoms with Gasteiger partial charge in [0.15, 0.2) is 5.78 Å². The number of methoxy groups -OCH3 is 1. The first kappa shape index (κ1) is 21.1. The van der Waals surface area contributed by atoms with Crippen molar-refractivity contribution in [3.63, 3.8) is 0 Å². The highest BCUT2D eigenvalue weighted by Crippen LogP contribution is 2.29. The number of carbonyl (C=O) groups excluding carboxylic acids is 4. The topological polar surface area (TPSA) is 98.8 Å². The van der Waals surface area contributed by atoms with Crippen LogP contribution in [0.4, 0.5) is 5.69 Å². The Morgan fingerprint density at radius 1 is 1.00 bits per heavy atom. The number of allylic oxidation sites excluding steroid dienone is 1. The standard InChI is InChI=1S/C21H23NO6/c1-14-11-18(12-14)28-21(26)10-8-19(24)22-16-5-3-15(4-6-16)13-17(23)7-9-20(25)27-2/h3-10,14,18H,11-13H2,1-2H3,(H,22,24)/b9-7-,10-8-. The van der Waals surface area contributed by atoms with Crippen LogP contribution in [0.15, 0.2) is 48.6 Å². The van der Waals surface area contributed by atoms with Crippen molar-refractivity contribution in [3.05, 3.63) is 54.1 Å². The molecule has 1 saturated carbocycles. The van der Waals surface area contributed by atoms with Crippen LogP contribution in [-0.4, -0.2) is 36.8 Å². The Balaban J connectivity index is 1.78. The molecule has 1 aliphatic rings. The highest BCUT2D eigenvalue weighted by Gasteiger charge is 2.27. The van der Waals surface area contributed by atoms with Gasteiger partial charge in [0, 0.05) is 30.3 Å². The molecule has 0 saturated heterocycles. The Morgan fingerprint density at radius 3 is 2.25 bits per heavy atom. The largest absolute Gasteiger partial charge is 0.466 e. The highest BCUT2D eigenvalue weighted by molar-refractivity contribution is 6.02. The number of nitrogens with one attached hydrogen (secondary N) is 1. The Bertz CT molecular complexity index is 788. The number of hydrogen-bond acceptors (Lipinski definition) is 6. The molecule has 1 aromatic carbocycles. The summed E-state index contributed by atoms with van der Waals surface area (Å²) in [6.45, 7) is 2.09. The van der Waals surface area contributed by atoms with Crippen molar-refractivity contribution < 1.29 is 28.7 Å². The van der Waals surface area contributed by atoms with E-state index in [1.165, 1.54) is 7.11 Å². The molecule has 1 aromatic rings. The van der Waals surface area contributed by atoms with Gasteiger partial charge >= 0.3 is 11.9 Å². The van der Waals surface area contributed by atoms with E-state index in [0.717, 1.165) is 42.7 Å². The van der Waals surface area contributed by atoms with Gasteiger partial charge in [0.1, 0.15) is 6.10 Å². The molecule has 1 aliphatic carbocycles. The molecule has 0 spiro atoms. The Kier molecular flexibility index (Phi) is 7.68. The molecule has 1 fully saturated rings. The van der Waals surface area contributed by atoms with Crippen LogP contribution in [0.3, 0.4) is 0 Å². The fourth-order valence-electron chi connectivity index (χ4n) is 2.65. The molecule has 1 amide bonds. The fraction of sp³-hybridized carbons (Fsp3) is 0.333. The summed E-state index contributed by atoms with van der Waals surface area (Å²) in [6, 6.07) is 6.67. The van der Waals surface area contributed by atoms with E-state index >= 15 is 0 Å². The van der Waals surface area contributed by atoms with E-state index < -0.39 is 17.8 Å². The molecular weight excluding hydrogens is 362 g/mol. The Labute approximate surface area is 163 Å². The first-order chi connectivity index (χ1) is 13.4. The molecular formula is C21H23NO6. The number of carbonyl (C=O) groups is 4. The van der Waals surface area contributed by atoms with Gasteiger partial charge in [0.05, 0.1) is 7.11 Å². The number of ether oxygens (including phenoxy) is 2. The summed E-state index contributed by atoms with van der Waals surface area (Å²) in [5.74, 6) is -1.24. The second-order valence-electron chi connectivity index (χ2n) is 6.65. The summed E-state index contributed by atoms with van der Waals surface area (Å²) in [5, 5.41) is 2.62. The number of rotatable bonds is 8. The minimum atomic E-state index is -0.592. The molecule has 148 valence electrons. The second kappa shape index (κ2) is 10.2. The average molecular weight is 385 g/mol. The van der Waals surface area contributed by atoms with Gasteiger partial charge in [0.2, 0.25) is 5.91 Å². The summed E-state index contributed by atoms with van der Waals surface area (Å²) in [5.41, 5.74) is 1.25.